The summed E-state index contributed by atoms with van der Waals surface area (Å²) in [5, 5.41) is 7.35. The molecule has 2 aromatic heterocycles. The van der Waals surface area contributed by atoms with Gasteiger partial charge in [0.2, 0.25) is 0 Å². The van der Waals surface area contributed by atoms with Crippen molar-refractivity contribution >= 4 is 23.4 Å². The molecule has 1 fully saturated rings. The second-order valence-electron chi connectivity index (χ2n) is 6.32. The monoisotopic (exact) mass is 359 g/mol. The van der Waals surface area contributed by atoms with Crippen LogP contribution >= 0.6 is 0 Å². The van der Waals surface area contributed by atoms with E-state index < -0.39 is 5.97 Å². The van der Waals surface area contributed by atoms with Crippen LogP contribution in [0.15, 0.2) is 12.3 Å². The van der Waals surface area contributed by atoms with Crippen molar-refractivity contribution in [1.29, 1.82) is 0 Å². The van der Waals surface area contributed by atoms with Crippen molar-refractivity contribution in [2.75, 3.05) is 50.1 Å². The molecule has 26 heavy (non-hydrogen) atoms. The molecule has 9 heteroatoms. The first kappa shape index (κ1) is 18.1. The Morgan fingerprint density at radius 1 is 1.23 bits per heavy atom. The van der Waals surface area contributed by atoms with Crippen LogP contribution in [0.1, 0.15) is 23.1 Å². The number of esters is 1. The maximum absolute atomic E-state index is 12.1. The number of piperazine rings is 1. The van der Waals surface area contributed by atoms with Gasteiger partial charge in [0.1, 0.15) is 28.8 Å². The Morgan fingerprint density at radius 3 is 2.65 bits per heavy atom. The average Bonchev–Trinajstić information content (AvgIpc) is 2.96. The second-order valence-corrected chi connectivity index (χ2v) is 6.32. The number of nitrogens with one attached hydrogen (secondary N) is 1. The Hall–Kier alpha value is -2.68. The quantitative estimate of drug-likeness (QED) is 0.797. The number of carbonyl (C=O) groups is 1. The maximum Gasteiger partial charge on any atom is 0.343 e. The molecule has 1 N–H and O–H groups in total. The maximum atomic E-state index is 12.1. The lowest BCUT2D eigenvalue weighted by Gasteiger charge is -2.33. The Kier molecular flexibility index (Phi) is 5.36. The van der Waals surface area contributed by atoms with Crippen LogP contribution in [-0.2, 0) is 11.8 Å². The molecule has 0 radical (unpaired) electrons. The molecule has 1 aliphatic heterocycles. The summed E-state index contributed by atoms with van der Waals surface area (Å²) in [4.78, 5) is 25.7. The Bertz CT molecular complexity index is 781. The third kappa shape index (κ3) is 3.93. The van der Waals surface area contributed by atoms with Gasteiger partial charge in [0.25, 0.3) is 0 Å². The van der Waals surface area contributed by atoms with Crippen molar-refractivity contribution in [2.24, 2.45) is 7.05 Å². The van der Waals surface area contributed by atoms with Gasteiger partial charge in [-0.2, -0.15) is 5.10 Å². The first-order chi connectivity index (χ1) is 12.5. The molecule has 0 atom stereocenters. The highest BCUT2D eigenvalue weighted by atomic mass is 16.5. The molecule has 9 nitrogen and oxygen atoms in total. The molecule has 2 aromatic rings. The zero-order valence-electron chi connectivity index (χ0n) is 15.7. The zero-order chi connectivity index (χ0) is 18.7. The van der Waals surface area contributed by atoms with Gasteiger partial charge in [0.15, 0.2) is 0 Å². The fourth-order valence-corrected chi connectivity index (χ4v) is 2.88. The molecule has 0 spiro atoms. The summed E-state index contributed by atoms with van der Waals surface area (Å²) in [6.07, 6.45) is 1.50. The highest BCUT2D eigenvalue weighted by molar-refractivity contribution is 5.95. The summed E-state index contributed by atoms with van der Waals surface area (Å²) in [6.45, 7) is 7.80. The van der Waals surface area contributed by atoms with Crippen LogP contribution in [0.4, 0.5) is 17.5 Å². The van der Waals surface area contributed by atoms with Gasteiger partial charge in [-0.3, -0.25) is 4.68 Å². The van der Waals surface area contributed by atoms with Crippen LogP contribution < -0.4 is 10.2 Å². The molecule has 1 saturated heterocycles. The van der Waals surface area contributed by atoms with Crippen molar-refractivity contribution < 1.29 is 9.53 Å². The van der Waals surface area contributed by atoms with Gasteiger partial charge in [0, 0.05) is 39.3 Å². The molecule has 0 bridgehead atoms. The number of hydrogen-bond acceptors (Lipinski definition) is 8. The molecule has 3 rings (SSSR count). The molecule has 0 unspecified atom stereocenters. The van der Waals surface area contributed by atoms with Crippen LogP contribution in [0.25, 0.3) is 0 Å². The smallest absolute Gasteiger partial charge is 0.343 e. The number of carbonyl (C=O) groups excluding carboxylic acids is 1. The number of aryl methyl sites for hydroxylation is 2. The summed E-state index contributed by atoms with van der Waals surface area (Å²) in [5.41, 5.74) is 0.381. The summed E-state index contributed by atoms with van der Waals surface area (Å²) in [7, 11) is 3.88. The fourth-order valence-electron chi connectivity index (χ4n) is 2.88. The van der Waals surface area contributed by atoms with Crippen molar-refractivity contribution in [3.05, 3.63) is 23.7 Å². The average molecular weight is 359 g/mol. The van der Waals surface area contributed by atoms with E-state index in [1.807, 2.05) is 13.0 Å². The Labute approximate surface area is 153 Å². The van der Waals surface area contributed by atoms with Crippen LogP contribution in [0.2, 0.25) is 0 Å². The van der Waals surface area contributed by atoms with E-state index in [4.69, 9.17) is 4.74 Å². The van der Waals surface area contributed by atoms with E-state index in [0.717, 1.165) is 32.0 Å². The van der Waals surface area contributed by atoms with E-state index in [0.29, 0.717) is 29.6 Å². The fraction of sp³-hybridized carbons (Fsp3) is 0.529. The highest BCUT2D eigenvalue weighted by Crippen LogP contribution is 2.23. The van der Waals surface area contributed by atoms with Crippen LogP contribution in [0, 0.1) is 6.92 Å². The summed E-state index contributed by atoms with van der Waals surface area (Å²) in [6, 6.07) is 1.90. The number of anilines is 3. The molecular formula is C17H25N7O2. The second kappa shape index (κ2) is 7.69. The SMILES string of the molecule is CCOC(=O)c1cnn(C)c1Nc1cc(N2CCN(C)CC2)nc(C)n1. The van der Waals surface area contributed by atoms with Gasteiger partial charge >= 0.3 is 5.97 Å². The number of likely N-dealkylation sites (N-methyl/N-ethyl adjacent to an activating group) is 1. The lowest BCUT2D eigenvalue weighted by atomic mass is 10.3. The minimum absolute atomic E-state index is 0.313. The zero-order valence-corrected chi connectivity index (χ0v) is 15.7. The predicted molar refractivity (Wildman–Crippen MR) is 98.9 cm³/mol. The Balaban J connectivity index is 1.85. The summed E-state index contributed by atoms with van der Waals surface area (Å²) < 4.78 is 6.69. The third-order valence-corrected chi connectivity index (χ3v) is 4.33. The molecule has 3 heterocycles. The minimum Gasteiger partial charge on any atom is -0.462 e. The lowest BCUT2D eigenvalue weighted by molar-refractivity contribution is 0.0527. The van der Waals surface area contributed by atoms with E-state index >= 15 is 0 Å². The van der Waals surface area contributed by atoms with E-state index in [-0.39, 0.29) is 0 Å². The van der Waals surface area contributed by atoms with Crippen molar-refractivity contribution in [3.63, 3.8) is 0 Å². The van der Waals surface area contributed by atoms with Gasteiger partial charge < -0.3 is 19.9 Å². The van der Waals surface area contributed by atoms with Crippen LogP contribution in [0.3, 0.4) is 0 Å². The highest BCUT2D eigenvalue weighted by Gasteiger charge is 2.20. The number of hydrogen-bond donors (Lipinski definition) is 1. The number of rotatable bonds is 5. The van der Waals surface area contributed by atoms with Gasteiger partial charge in [-0.05, 0) is 20.9 Å². The van der Waals surface area contributed by atoms with Crippen molar-refractivity contribution in [3.8, 4) is 0 Å². The van der Waals surface area contributed by atoms with E-state index in [2.05, 4.69) is 37.2 Å². The van der Waals surface area contributed by atoms with Gasteiger partial charge in [-0.1, -0.05) is 0 Å². The van der Waals surface area contributed by atoms with Crippen molar-refractivity contribution in [2.45, 2.75) is 13.8 Å². The van der Waals surface area contributed by atoms with Crippen molar-refractivity contribution in [1.82, 2.24) is 24.6 Å². The molecule has 0 aliphatic carbocycles. The topological polar surface area (TPSA) is 88.4 Å². The third-order valence-electron chi connectivity index (χ3n) is 4.33. The largest absolute Gasteiger partial charge is 0.462 e. The molecular weight excluding hydrogens is 334 g/mol. The van der Waals surface area contributed by atoms with Crippen LogP contribution in [-0.4, -0.2) is 70.5 Å². The number of ether oxygens (including phenoxy) is 1. The Morgan fingerprint density at radius 2 is 1.96 bits per heavy atom. The molecule has 140 valence electrons. The first-order valence-electron chi connectivity index (χ1n) is 8.73. The molecule has 0 amide bonds. The molecule has 0 aromatic carbocycles. The van der Waals surface area contributed by atoms with E-state index in [1.165, 1.54) is 6.20 Å². The molecule has 1 aliphatic rings. The number of nitrogens with zero attached hydrogens (tertiary/aromatic N) is 6. The standard InChI is InChI=1S/C17H25N7O2/c1-5-26-17(25)13-11-18-23(4)16(13)21-14-10-15(20-12(2)19-14)24-8-6-22(3)7-9-24/h10-11H,5-9H2,1-4H3,(H,19,20,21). The first-order valence-corrected chi connectivity index (χ1v) is 8.73. The minimum atomic E-state index is -0.409. The predicted octanol–water partition coefficient (Wildman–Crippen LogP) is 1.19. The van der Waals surface area contributed by atoms with Gasteiger partial charge in [-0.15, -0.1) is 0 Å². The number of aromatic nitrogens is 4. The van der Waals surface area contributed by atoms with E-state index in [1.54, 1.807) is 18.7 Å². The normalized spacial score (nSPS) is 15.2. The van der Waals surface area contributed by atoms with Gasteiger partial charge in [-0.25, -0.2) is 14.8 Å². The lowest BCUT2D eigenvalue weighted by Crippen LogP contribution is -2.44. The van der Waals surface area contributed by atoms with Crippen LogP contribution in [0.5, 0.6) is 0 Å². The van der Waals surface area contributed by atoms with Gasteiger partial charge in [0.05, 0.1) is 12.8 Å². The summed E-state index contributed by atoms with van der Waals surface area (Å²) in [5.74, 6) is 2.32. The molecule has 0 saturated carbocycles. The van der Waals surface area contributed by atoms with E-state index in [9.17, 15) is 4.79 Å². The summed E-state index contributed by atoms with van der Waals surface area (Å²) >= 11 is 0.